The van der Waals surface area contributed by atoms with E-state index < -0.39 is 5.41 Å². The van der Waals surface area contributed by atoms with Gasteiger partial charge in [-0.1, -0.05) is 26.3 Å². The molecule has 2 aliphatic heterocycles. The lowest BCUT2D eigenvalue weighted by Crippen LogP contribution is -2.74. The molecule has 1 aromatic rings. The summed E-state index contributed by atoms with van der Waals surface area (Å²) in [4.78, 5) is 29.2. The van der Waals surface area contributed by atoms with Gasteiger partial charge in [0, 0.05) is 18.5 Å². The number of ketones is 1. The number of hydrogen-bond acceptors (Lipinski definition) is 5. The molecule has 0 N–H and O–H groups in total. The fourth-order valence-corrected chi connectivity index (χ4v) is 6.67. The van der Waals surface area contributed by atoms with Crippen molar-refractivity contribution in [1.29, 1.82) is 0 Å². The van der Waals surface area contributed by atoms with Crippen LogP contribution in [0.5, 0.6) is 5.75 Å². The number of nitrogens with zero attached hydrogens (tertiary/aromatic N) is 1. The van der Waals surface area contributed by atoms with E-state index in [0.29, 0.717) is 25.5 Å². The molecule has 4 bridgehead atoms. The Morgan fingerprint density at radius 3 is 2.67 bits per heavy atom. The van der Waals surface area contributed by atoms with Gasteiger partial charge in [-0.05, 0) is 74.2 Å². The average Bonchev–Trinajstić information content (AvgIpc) is 2.74. The van der Waals surface area contributed by atoms with E-state index in [1.54, 1.807) is 7.11 Å². The van der Waals surface area contributed by atoms with Gasteiger partial charge in [0.25, 0.3) is 0 Å². The molecule has 5 atom stereocenters. The summed E-state index contributed by atoms with van der Waals surface area (Å²) in [5.41, 5.74) is 1.60. The van der Waals surface area contributed by atoms with Crippen LogP contribution in [-0.4, -0.2) is 49.5 Å². The average molecular weight is 414 g/mol. The van der Waals surface area contributed by atoms with Crippen molar-refractivity contribution in [2.45, 2.75) is 76.8 Å². The zero-order valence-corrected chi connectivity index (χ0v) is 19.0. The van der Waals surface area contributed by atoms with Crippen molar-refractivity contribution in [2.75, 3.05) is 20.8 Å². The van der Waals surface area contributed by atoms with Crippen LogP contribution in [0.3, 0.4) is 0 Å². The van der Waals surface area contributed by atoms with Crippen molar-refractivity contribution in [3.05, 3.63) is 29.3 Å². The van der Waals surface area contributed by atoms with Crippen molar-refractivity contribution < 1.29 is 19.1 Å². The van der Waals surface area contributed by atoms with Crippen LogP contribution < -0.4 is 4.74 Å². The van der Waals surface area contributed by atoms with Gasteiger partial charge >= 0.3 is 5.97 Å². The molecule has 5 rings (SSSR count). The summed E-state index contributed by atoms with van der Waals surface area (Å²) in [6.07, 6.45) is 4.57. The van der Waals surface area contributed by atoms with Crippen LogP contribution in [0, 0.1) is 11.3 Å². The van der Waals surface area contributed by atoms with Gasteiger partial charge in [-0.15, -0.1) is 0 Å². The summed E-state index contributed by atoms with van der Waals surface area (Å²) < 4.78 is 11.1. The van der Waals surface area contributed by atoms with Gasteiger partial charge in [-0.3, -0.25) is 14.5 Å². The normalized spacial score (nSPS) is 34.4. The predicted octanol–water partition coefficient (Wildman–Crippen LogP) is 3.91. The molecule has 0 aromatic heterocycles. The summed E-state index contributed by atoms with van der Waals surface area (Å²) in [6.45, 7) is 6.54. The fourth-order valence-electron chi connectivity index (χ4n) is 6.67. The molecule has 0 spiro atoms. The third kappa shape index (κ3) is 2.84. The van der Waals surface area contributed by atoms with E-state index in [9.17, 15) is 9.59 Å². The van der Waals surface area contributed by atoms with E-state index in [1.807, 2.05) is 13.0 Å². The number of carbonyl (C=O) groups is 2. The van der Waals surface area contributed by atoms with Crippen LogP contribution in [0.25, 0.3) is 0 Å². The molecule has 30 heavy (non-hydrogen) atoms. The molecule has 1 saturated carbocycles. The van der Waals surface area contributed by atoms with Crippen LogP contribution in [0.15, 0.2) is 18.2 Å². The minimum atomic E-state index is -1.03. The number of ether oxygens (including phenoxy) is 2. The van der Waals surface area contributed by atoms with E-state index in [2.05, 4.69) is 37.9 Å². The fraction of sp³-hybridized carbons (Fsp3) is 0.680. The highest BCUT2D eigenvalue weighted by molar-refractivity contribution is 6.05. The summed E-state index contributed by atoms with van der Waals surface area (Å²) in [5.74, 6) is 0.887. The smallest absolute Gasteiger partial charge is 0.321 e. The maximum atomic E-state index is 13.6. The van der Waals surface area contributed by atoms with E-state index in [0.717, 1.165) is 31.4 Å². The molecule has 2 saturated heterocycles. The lowest BCUT2D eigenvalue weighted by Gasteiger charge is -2.66. The number of unbranched alkanes of at least 4 members (excludes halogenated alkanes) is 1. The largest absolute Gasteiger partial charge is 0.497 e. The predicted molar refractivity (Wildman–Crippen MR) is 116 cm³/mol. The molecule has 5 heteroatoms. The first-order chi connectivity index (χ1) is 14.3. The third-order valence-corrected chi connectivity index (χ3v) is 8.28. The number of fused-ring (bicyclic) bond motifs is 2. The Labute approximate surface area is 180 Å². The van der Waals surface area contributed by atoms with Gasteiger partial charge in [0.1, 0.15) is 11.2 Å². The maximum Gasteiger partial charge on any atom is 0.321 e. The summed E-state index contributed by atoms with van der Waals surface area (Å²) in [5, 5.41) is 0. The molecule has 5 unspecified atom stereocenters. The minimum Gasteiger partial charge on any atom is -0.497 e. The Morgan fingerprint density at radius 1 is 1.23 bits per heavy atom. The van der Waals surface area contributed by atoms with E-state index in [4.69, 9.17) is 9.47 Å². The van der Waals surface area contributed by atoms with E-state index in [-0.39, 0.29) is 29.1 Å². The summed E-state index contributed by atoms with van der Waals surface area (Å²) in [7, 11) is 3.81. The molecule has 1 aromatic carbocycles. The number of hydrogen-bond donors (Lipinski definition) is 0. The van der Waals surface area contributed by atoms with Gasteiger partial charge in [0.2, 0.25) is 0 Å². The number of carbonyl (C=O) groups excluding carboxylic acids is 2. The van der Waals surface area contributed by atoms with E-state index in [1.165, 1.54) is 11.1 Å². The van der Waals surface area contributed by atoms with Gasteiger partial charge in [0.05, 0.1) is 13.7 Å². The monoisotopic (exact) mass is 413 g/mol. The number of likely N-dealkylation sites (N-methyl/N-ethyl adjacent to an activating group) is 1. The number of methoxy groups -OCH3 is 1. The third-order valence-electron chi connectivity index (χ3n) is 8.28. The first-order valence-corrected chi connectivity index (χ1v) is 11.4. The van der Waals surface area contributed by atoms with Crippen LogP contribution in [0.2, 0.25) is 0 Å². The van der Waals surface area contributed by atoms with Gasteiger partial charge < -0.3 is 9.47 Å². The molecule has 0 radical (unpaired) electrons. The Kier molecular flexibility index (Phi) is 5.46. The lowest BCUT2D eigenvalue weighted by atomic mass is 9.45. The highest BCUT2D eigenvalue weighted by Crippen LogP contribution is 2.62. The molecular weight excluding hydrogens is 378 g/mol. The number of Topliss-reactive ketones (excluding diaryl/α,β-unsaturated/α-hetero) is 1. The zero-order chi connectivity index (χ0) is 21.7. The highest BCUT2D eigenvalue weighted by atomic mass is 16.5. The molecular formula is C25H35NO4. The summed E-state index contributed by atoms with van der Waals surface area (Å²) in [6, 6.07) is 6.63. The first kappa shape index (κ1) is 21.4. The van der Waals surface area contributed by atoms with Crippen LogP contribution in [-0.2, 0) is 26.2 Å². The number of piperidine rings is 2. The van der Waals surface area contributed by atoms with Crippen LogP contribution >= 0.6 is 0 Å². The van der Waals surface area contributed by atoms with Crippen molar-refractivity contribution in [1.82, 2.24) is 4.90 Å². The highest BCUT2D eigenvalue weighted by Gasteiger charge is 2.69. The van der Waals surface area contributed by atoms with Gasteiger partial charge in [-0.25, -0.2) is 0 Å². The molecule has 2 aliphatic carbocycles. The molecule has 3 fully saturated rings. The van der Waals surface area contributed by atoms with E-state index >= 15 is 0 Å². The van der Waals surface area contributed by atoms with Gasteiger partial charge in [-0.2, -0.15) is 0 Å². The maximum absolute atomic E-state index is 13.6. The number of esters is 1. The zero-order valence-electron chi connectivity index (χ0n) is 19.0. The van der Waals surface area contributed by atoms with Crippen LogP contribution in [0.4, 0.5) is 0 Å². The second kappa shape index (κ2) is 7.67. The second-order valence-corrected chi connectivity index (χ2v) is 9.63. The van der Waals surface area contributed by atoms with Crippen molar-refractivity contribution in [3.8, 4) is 5.75 Å². The molecule has 5 nitrogen and oxygen atoms in total. The number of benzene rings is 1. The molecule has 4 aliphatic rings. The number of rotatable bonds is 7. The Hall–Kier alpha value is -1.88. The van der Waals surface area contributed by atoms with Gasteiger partial charge in [0.15, 0.2) is 5.78 Å². The second-order valence-electron chi connectivity index (χ2n) is 9.63. The standard InChI is InChI=1S/C25H35NO4/c1-6-8-9-22(27)25(23(28)30-7-2)14-19-20-12-16-10-11-17(29-5)13-18(16)24(19,3)15-21(25)26(20)4/h10-11,13,19-21H,6-9,12,14-15H2,1-5H3. The van der Waals surface area contributed by atoms with Crippen molar-refractivity contribution >= 4 is 11.8 Å². The van der Waals surface area contributed by atoms with Crippen molar-refractivity contribution in [3.63, 3.8) is 0 Å². The molecule has 164 valence electrons. The first-order valence-electron chi connectivity index (χ1n) is 11.4. The molecule has 2 heterocycles. The lowest BCUT2D eigenvalue weighted by molar-refractivity contribution is -0.189. The quantitative estimate of drug-likeness (QED) is 0.501. The Bertz CT molecular complexity index is 852. The minimum absolute atomic E-state index is 0.0645. The molecule has 0 amide bonds. The van der Waals surface area contributed by atoms with Crippen molar-refractivity contribution in [2.24, 2.45) is 11.3 Å². The Morgan fingerprint density at radius 2 is 2.00 bits per heavy atom. The SMILES string of the molecule is CCCCC(=O)C1(C(=O)OCC)CC2C3Cc4ccc(OC)cc4C2(C)CC1N3C. The summed E-state index contributed by atoms with van der Waals surface area (Å²) >= 11 is 0. The van der Waals surface area contributed by atoms with Crippen LogP contribution in [0.1, 0.15) is 64.0 Å². The topological polar surface area (TPSA) is 55.8 Å². The Balaban J connectivity index is 1.79.